The van der Waals surface area contributed by atoms with E-state index >= 15 is 0 Å². The molecule has 3 rings (SSSR count). The van der Waals surface area contributed by atoms with Crippen molar-refractivity contribution in [3.8, 4) is 0 Å². The minimum atomic E-state index is 0.0370. The van der Waals surface area contributed by atoms with E-state index in [1.54, 1.807) is 0 Å². The van der Waals surface area contributed by atoms with Gasteiger partial charge < -0.3 is 10.5 Å². The van der Waals surface area contributed by atoms with E-state index in [0.717, 1.165) is 31.0 Å². The van der Waals surface area contributed by atoms with Gasteiger partial charge in [0.2, 0.25) is 0 Å². The summed E-state index contributed by atoms with van der Waals surface area (Å²) in [6.07, 6.45) is 2.83. The Morgan fingerprint density at radius 3 is 2.83 bits per heavy atom. The smallest absolute Gasteiger partial charge is 0.0661 e. The summed E-state index contributed by atoms with van der Waals surface area (Å²) < 4.78 is 5.44. The first kappa shape index (κ1) is 11.3. The van der Waals surface area contributed by atoms with Gasteiger partial charge in [-0.05, 0) is 30.2 Å². The molecule has 2 aromatic rings. The fraction of sp³-hybridized carbons (Fsp3) is 0.357. The third kappa shape index (κ3) is 1.78. The van der Waals surface area contributed by atoms with E-state index in [1.165, 1.54) is 11.1 Å². The first-order valence-electron chi connectivity index (χ1n) is 6.13. The number of nitrogens with zero attached hydrogens (tertiary/aromatic N) is 1. The first-order chi connectivity index (χ1) is 8.70. The molecule has 1 aromatic heterocycles. The highest BCUT2D eigenvalue weighted by molar-refractivity contribution is 5.45. The number of hydrogen-bond acceptors (Lipinski definition) is 3. The highest BCUT2D eigenvalue weighted by Gasteiger charge is 2.41. The van der Waals surface area contributed by atoms with Crippen molar-refractivity contribution in [2.45, 2.75) is 18.8 Å². The van der Waals surface area contributed by atoms with Crippen LogP contribution < -0.4 is 5.73 Å². The van der Waals surface area contributed by atoms with Gasteiger partial charge in [0.1, 0.15) is 0 Å². The van der Waals surface area contributed by atoms with Crippen LogP contribution in [0.1, 0.15) is 16.8 Å². The van der Waals surface area contributed by atoms with E-state index in [0.29, 0.717) is 0 Å². The number of benzene rings is 1. The molecule has 0 radical (unpaired) electrons. The number of aryl methyl sites for hydroxylation is 1. The molecule has 0 saturated carbocycles. The summed E-state index contributed by atoms with van der Waals surface area (Å²) in [5.74, 6) is 0. The molecule has 4 heteroatoms. The summed E-state index contributed by atoms with van der Waals surface area (Å²) in [5.41, 5.74) is 10.3. The van der Waals surface area contributed by atoms with Crippen LogP contribution >= 0.6 is 0 Å². The van der Waals surface area contributed by atoms with E-state index < -0.39 is 0 Å². The Bertz CT molecular complexity index is 558. The van der Waals surface area contributed by atoms with E-state index in [4.69, 9.17) is 10.5 Å². The number of nitrogen functional groups attached to an aromatic ring is 1. The number of H-pyrrole nitrogens is 1. The molecule has 1 aliphatic rings. The standard InChI is InChI=1S/C14H17N3O/c1-10-7-16-17-13(10)6-14(8-18-9-14)11-3-2-4-12(15)5-11/h2-5,7H,6,8-9,15H2,1H3,(H,16,17). The Balaban J connectivity index is 1.93. The molecule has 1 saturated heterocycles. The molecule has 0 spiro atoms. The van der Waals surface area contributed by atoms with E-state index in [-0.39, 0.29) is 5.41 Å². The molecule has 18 heavy (non-hydrogen) atoms. The highest BCUT2D eigenvalue weighted by atomic mass is 16.5. The minimum Gasteiger partial charge on any atom is -0.399 e. The van der Waals surface area contributed by atoms with Gasteiger partial charge in [-0.25, -0.2) is 0 Å². The molecule has 3 N–H and O–H groups in total. The molecule has 1 aromatic carbocycles. The SMILES string of the molecule is Cc1c[nH]nc1CC1(c2cccc(N)c2)COC1. The van der Waals surface area contributed by atoms with Gasteiger partial charge in [-0.1, -0.05) is 12.1 Å². The number of nitrogens with one attached hydrogen (secondary N) is 1. The zero-order valence-electron chi connectivity index (χ0n) is 10.4. The molecule has 0 unspecified atom stereocenters. The Morgan fingerprint density at radius 2 is 2.28 bits per heavy atom. The molecule has 1 fully saturated rings. The average Bonchev–Trinajstić information content (AvgIpc) is 2.69. The molecule has 2 heterocycles. The molecule has 0 bridgehead atoms. The predicted molar refractivity (Wildman–Crippen MR) is 70.4 cm³/mol. The van der Waals surface area contributed by atoms with E-state index in [1.807, 2.05) is 24.4 Å². The molecule has 0 atom stereocenters. The summed E-state index contributed by atoms with van der Waals surface area (Å²) in [4.78, 5) is 0. The number of aromatic amines is 1. The van der Waals surface area contributed by atoms with Crippen LogP contribution in [0.5, 0.6) is 0 Å². The fourth-order valence-electron chi connectivity index (χ4n) is 2.47. The summed E-state index contributed by atoms with van der Waals surface area (Å²) in [6.45, 7) is 3.55. The van der Waals surface area contributed by atoms with Crippen molar-refractivity contribution in [3.63, 3.8) is 0 Å². The Labute approximate surface area is 106 Å². The predicted octanol–water partition coefficient (Wildman–Crippen LogP) is 1.81. The van der Waals surface area contributed by atoms with Crippen LogP contribution in [0.4, 0.5) is 5.69 Å². The van der Waals surface area contributed by atoms with Gasteiger partial charge in [0, 0.05) is 23.7 Å². The maximum atomic E-state index is 5.87. The number of ether oxygens (including phenoxy) is 1. The topological polar surface area (TPSA) is 63.9 Å². The number of nitrogens with two attached hydrogens (primary N) is 1. The van der Waals surface area contributed by atoms with Crippen molar-refractivity contribution in [2.24, 2.45) is 0 Å². The van der Waals surface area contributed by atoms with Gasteiger partial charge in [0.15, 0.2) is 0 Å². The van der Waals surface area contributed by atoms with Crippen LogP contribution in [0.3, 0.4) is 0 Å². The fourth-order valence-corrected chi connectivity index (χ4v) is 2.47. The largest absolute Gasteiger partial charge is 0.399 e. The molecule has 1 aliphatic heterocycles. The number of anilines is 1. The number of aromatic nitrogens is 2. The second-order valence-corrected chi connectivity index (χ2v) is 5.09. The summed E-state index contributed by atoms with van der Waals surface area (Å²) in [6, 6.07) is 8.09. The summed E-state index contributed by atoms with van der Waals surface area (Å²) in [7, 11) is 0. The third-order valence-electron chi connectivity index (χ3n) is 3.70. The maximum absolute atomic E-state index is 5.87. The zero-order valence-corrected chi connectivity index (χ0v) is 10.4. The zero-order chi connectivity index (χ0) is 12.6. The van der Waals surface area contributed by atoms with Crippen molar-refractivity contribution in [1.82, 2.24) is 10.2 Å². The second kappa shape index (κ2) is 4.14. The van der Waals surface area contributed by atoms with Crippen molar-refractivity contribution < 1.29 is 4.74 Å². The Morgan fingerprint density at radius 1 is 1.44 bits per heavy atom. The van der Waals surface area contributed by atoms with Crippen LogP contribution in [0.25, 0.3) is 0 Å². The number of hydrogen-bond donors (Lipinski definition) is 2. The molecule has 94 valence electrons. The van der Waals surface area contributed by atoms with Crippen LogP contribution in [-0.2, 0) is 16.6 Å². The maximum Gasteiger partial charge on any atom is 0.0661 e. The van der Waals surface area contributed by atoms with E-state index in [2.05, 4.69) is 23.2 Å². The summed E-state index contributed by atoms with van der Waals surface area (Å²) in [5, 5.41) is 7.23. The highest BCUT2D eigenvalue weighted by Crippen LogP contribution is 2.36. The van der Waals surface area contributed by atoms with Gasteiger partial charge in [-0.3, -0.25) is 5.10 Å². The van der Waals surface area contributed by atoms with Crippen LogP contribution in [0.2, 0.25) is 0 Å². The van der Waals surface area contributed by atoms with Gasteiger partial charge in [0.05, 0.1) is 18.9 Å². The monoisotopic (exact) mass is 243 g/mol. The normalized spacial score (nSPS) is 17.4. The molecule has 0 amide bonds. The van der Waals surface area contributed by atoms with E-state index in [9.17, 15) is 0 Å². The van der Waals surface area contributed by atoms with Crippen molar-refractivity contribution in [3.05, 3.63) is 47.3 Å². The second-order valence-electron chi connectivity index (χ2n) is 5.09. The third-order valence-corrected chi connectivity index (χ3v) is 3.70. The lowest BCUT2D eigenvalue weighted by Crippen LogP contribution is -2.48. The quantitative estimate of drug-likeness (QED) is 0.808. The van der Waals surface area contributed by atoms with Gasteiger partial charge in [-0.15, -0.1) is 0 Å². The van der Waals surface area contributed by atoms with Crippen molar-refractivity contribution in [1.29, 1.82) is 0 Å². The van der Waals surface area contributed by atoms with Crippen LogP contribution in [0, 0.1) is 6.92 Å². The summed E-state index contributed by atoms with van der Waals surface area (Å²) >= 11 is 0. The van der Waals surface area contributed by atoms with Gasteiger partial charge in [0.25, 0.3) is 0 Å². The first-order valence-corrected chi connectivity index (χ1v) is 6.13. The number of rotatable bonds is 3. The lowest BCUT2D eigenvalue weighted by atomic mass is 9.74. The minimum absolute atomic E-state index is 0.0370. The molecular formula is C14H17N3O. The molecule has 0 aliphatic carbocycles. The van der Waals surface area contributed by atoms with Crippen molar-refractivity contribution >= 4 is 5.69 Å². The lowest BCUT2D eigenvalue weighted by Gasteiger charge is -2.42. The Kier molecular flexibility index (Phi) is 2.59. The Hall–Kier alpha value is -1.81. The lowest BCUT2D eigenvalue weighted by molar-refractivity contribution is -0.0604. The van der Waals surface area contributed by atoms with Gasteiger partial charge in [-0.2, -0.15) is 5.10 Å². The van der Waals surface area contributed by atoms with Crippen LogP contribution in [-0.4, -0.2) is 23.4 Å². The molecular weight excluding hydrogens is 226 g/mol. The molecule has 4 nitrogen and oxygen atoms in total. The average molecular weight is 243 g/mol. The van der Waals surface area contributed by atoms with Crippen LogP contribution in [0.15, 0.2) is 30.5 Å². The van der Waals surface area contributed by atoms with Gasteiger partial charge >= 0.3 is 0 Å². The van der Waals surface area contributed by atoms with Crippen molar-refractivity contribution in [2.75, 3.05) is 18.9 Å².